The van der Waals surface area contributed by atoms with Crippen molar-refractivity contribution in [3.63, 3.8) is 0 Å². The number of amides is 3. The maximum Gasteiger partial charge on any atom is 0.410 e. The number of carbonyl (C=O) groups is 2. The molecule has 0 unspecified atom stereocenters. The van der Waals surface area contributed by atoms with E-state index in [1.165, 1.54) is 13.2 Å². The maximum atomic E-state index is 14.0. The molecule has 3 amide bonds. The Morgan fingerprint density at radius 2 is 1.73 bits per heavy atom. The normalized spacial score (nSPS) is 18.7. The van der Waals surface area contributed by atoms with Crippen molar-refractivity contribution in [3.8, 4) is 5.75 Å². The lowest BCUT2D eigenvalue weighted by atomic mass is 10.0. The first-order chi connectivity index (χ1) is 19.4. The molecule has 0 aliphatic carbocycles. The van der Waals surface area contributed by atoms with Crippen LogP contribution in [0.3, 0.4) is 0 Å². The van der Waals surface area contributed by atoms with Gasteiger partial charge in [0.05, 0.1) is 7.11 Å². The molecule has 1 N–H and O–H groups in total. The highest BCUT2D eigenvalue weighted by Gasteiger charge is 2.31. The van der Waals surface area contributed by atoms with Crippen LogP contribution in [-0.2, 0) is 11.3 Å². The number of benzene rings is 2. The highest BCUT2D eigenvalue weighted by molar-refractivity contribution is 5.91. The fourth-order valence-electron chi connectivity index (χ4n) is 5.38. The number of hydrogen-bond donors (Lipinski definition) is 1. The molecular weight excluding hydrogens is 525 g/mol. The Balaban J connectivity index is 1.24. The first-order valence-electron chi connectivity index (χ1n) is 14.4. The number of likely N-dealkylation sites (tertiary alicyclic amines) is 1. The van der Waals surface area contributed by atoms with Gasteiger partial charge in [-0.3, -0.25) is 9.80 Å². The lowest BCUT2D eigenvalue weighted by molar-refractivity contribution is 0.000554. The molecule has 41 heavy (non-hydrogen) atoms. The van der Waals surface area contributed by atoms with Gasteiger partial charge in [0, 0.05) is 75.8 Å². The summed E-state index contributed by atoms with van der Waals surface area (Å²) >= 11 is 0. The highest BCUT2D eigenvalue weighted by atomic mass is 19.1. The smallest absolute Gasteiger partial charge is 0.410 e. The van der Waals surface area contributed by atoms with Crippen molar-refractivity contribution < 1.29 is 23.5 Å². The average Bonchev–Trinajstić information content (AvgIpc) is 2.92. The zero-order chi connectivity index (χ0) is 29.7. The van der Waals surface area contributed by atoms with Gasteiger partial charge in [-0.25, -0.2) is 14.0 Å². The Hall–Kier alpha value is -3.53. The van der Waals surface area contributed by atoms with Crippen molar-refractivity contribution >= 4 is 23.5 Å². The van der Waals surface area contributed by atoms with Gasteiger partial charge in [0.1, 0.15) is 5.60 Å². The number of ether oxygens (including phenoxy) is 2. The number of rotatable bonds is 6. The highest BCUT2D eigenvalue weighted by Crippen LogP contribution is 2.25. The van der Waals surface area contributed by atoms with Gasteiger partial charge in [-0.05, 0) is 70.4 Å². The largest absolute Gasteiger partial charge is 0.494 e. The lowest BCUT2D eigenvalue weighted by Gasteiger charge is -2.40. The molecule has 0 spiro atoms. The third-order valence-electron chi connectivity index (χ3n) is 7.64. The van der Waals surface area contributed by atoms with Crippen molar-refractivity contribution in [2.24, 2.45) is 0 Å². The first-order valence-corrected chi connectivity index (χ1v) is 14.4. The molecule has 9 nitrogen and oxygen atoms in total. The third kappa shape index (κ3) is 8.03. The van der Waals surface area contributed by atoms with E-state index in [0.717, 1.165) is 43.7 Å². The Bertz CT molecular complexity index is 1190. The molecule has 0 saturated carbocycles. The lowest BCUT2D eigenvalue weighted by Crippen LogP contribution is -2.54. The molecule has 224 valence electrons. The molecular formula is C31H44FN5O4. The van der Waals surface area contributed by atoms with Crippen LogP contribution in [0.1, 0.15) is 46.1 Å². The number of carbonyl (C=O) groups excluding carboxylic acids is 2. The van der Waals surface area contributed by atoms with Crippen LogP contribution in [0, 0.1) is 5.82 Å². The Labute approximate surface area is 243 Å². The molecule has 2 aromatic carbocycles. The summed E-state index contributed by atoms with van der Waals surface area (Å²) in [5, 5.41) is 3.38. The molecule has 2 fully saturated rings. The number of nitrogens with zero attached hydrogens (tertiary/aromatic N) is 4. The first kappa shape index (κ1) is 30.4. The van der Waals surface area contributed by atoms with Crippen LogP contribution in [0.5, 0.6) is 5.75 Å². The molecule has 1 atom stereocenters. The van der Waals surface area contributed by atoms with E-state index in [4.69, 9.17) is 9.47 Å². The monoisotopic (exact) mass is 569 g/mol. The molecule has 2 aliphatic heterocycles. The summed E-state index contributed by atoms with van der Waals surface area (Å²) in [5.41, 5.74) is 2.22. The SMILES string of the molecule is COc1ccc(NC2CCN(C(=O)N(C)c3ccc(CN4CCN(C(=O)OC(C)(C)C)[C@@H](C)C4)cc3)CC2)cc1F. The van der Waals surface area contributed by atoms with E-state index in [9.17, 15) is 14.0 Å². The van der Waals surface area contributed by atoms with Gasteiger partial charge in [-0.2, -0.15) is 0 Å². The molecule has 0 radical (unpaired) electrons. The molecule has 0 bridgehead atoms. The van der Waals surface area contributed by atoms with Gasteiger partial charge in [-0.15, -0.1) is 0 Å². The summed E-state index contributed by atoms with van der Waals surface area (Å²) in [6.45, 7) is 11.9. The van der Waals surface area contributed by atoms with Gasteiger partial charge in [0.2, 0.25) is 0 Å². The van der Waals surface area contributed by atoms with Gasteiger partial charge < -0.3 is 24.6 Å². The summed E-state index contributed by atoms with van der Waals surface area (Å²) < 4.78 is 24.6. The van der Waals surface area contributed by atoms with E-state index < -0.39 is 11.4 Å². The second kappa shape index (κ2) is 13.0. The molecule has 2 aromatic rings. The average molecular weight is 570 g/mol. The topological polar surface area (TPSA) is 77.6 Å². The van der Waals surface area contributed by atoms with Crippen molar-refractivity contribution in [3.05, 3.63) is 53.8 Å². The Morgan fingerprint density at radius 3 is 2.32 bits per heavy atom. The van der Waals surface area contributed by atoms with E-state index >= 15 is 0 Å². The molecule has 2 aliphatic rings. The summed E-state index contributed by atoms with van der Waals surface area (Å²) in [7, 11) is 3.25. The van der Waals surface area contributed by atoms with Crippen LogP contribution in [0.15, 0.2) is 42.5 Å². The Kier molecular flexibility index (Phi) is 9.63. The maximum absolute atomic E-state index is 14.0. The Morgan fingerprint density at radius 1 is 1.05 bits per heavy atom. The third-order valence-corrected chi connectivity index (χ3v) is 7.64. The van der Waals surface area contributed by atoms with Gasteiger partial charge in [0.15, 0.2) is 11.6 Å². The molecule has 10 heteroatoms. The van der Waals surface area contributed by atoms with Crippen LogP contribution in [-0.4, -0.2) is 91.4 Å². The number of piperidine rings is 1. The van der Waals surface area contributed by atoms with Crippen molar-refractivity contribution in [2.75, 3.05) is 57.1 Å². The molecule has 0 aromatic heterocycles. The van der Waals surface area contributed by atoms with Crippen LogP contribution in [0.25, 0.3) is 0 Å². The van der Waals surface area contributed by atoms with E-state index in [-0.39, 0.29) is 30.0 Å². The number of methoxy groups -OCH3 is 1. The van der Waals surface area contributed by atoms with E-state index in [2.05, 4.69) is 29.3 Å². The standard InChI is InChI=1S/C31H44FN5O4/c1-22-20-35(17-18-37(22)30(39)41-31(2,3)4)21-23-7-10-26(11-8-23)34(5)29(38)36-15-13-24(14-16-36)33-25-9-12-28(40-6)27(32)19-25/h7-12,19,22,24,33H,13-18,20-21H2,1-6H3/t22-/m0/s1. The second-order valence-corrected chi connectivity index (χ2v) is 12.0. The van der Waals surface area contributed by atoms with Gasteiger partial charge in [-0.1, -0.05) is 12.1 Å². The van der Waals surface area contributed by atoms with E-state index in [0.29, 0.717) is 25.3 Å². The summed E-state index contributed by atoms with van der Waals surface area (Å²) in [6, 6.07) is 13.2. The summed E-state index contributed by atoms with van der Waals surface area (Å²) in [6.07, 6.45) is 1.31. The predicted octanol–water partition coefficient (Wildman–Crippen LogP) is 5.41. The molecule has 2 saturated heterocycles. The number of halogens is 1. The summed E-state index contributed by atoms with van der Waals surface area (Å²) in [5.74, 6) is -0.173. The fourth-order valence-corrected chi connectivity index (χ4v) is 5.38. The quantitative estimate of drug-likeness (QED) is 0.502. The molecule has 4 rings (SSSR count). The number of hydrogen-bond acceptors (Lipinski definition) is 6. The minimum atomic E-state index is -0.502. The van der Waals surface area contributed by atoms with Crippen LogP contribution in [0.4, 0.5) is 25.4 Å². The van der Waals surface area contributed by atoms with Crippen molar-refractivity contribution in [2.45, 2.75) is 64.8 Å². The zero-order valence-corrected chi connectivity index (χ0v) is 25.2. The predicted molar refractivity (Wildman–Crippen MR) is 159 cm³/mol. The van der Waals surface area contributed by atoms with Gasteiger partial charge in [0.25, 0.3) is 0 Å². The second-order valence-electron chi connectivity index (χ2n) is 12.0. The number of piperazine rings is 1. The fraction of sp³-hybridized carbons (Fsp3) is 0.548. The molecule has 2 heterocycles. The zero-order valence-electron chi connectivity index (χ0n) is 25.2. The van der Waals surface area contributed by atoms with Crippen molar-refractivity contribution in [1.29, 1.82) is 0 Å². The minimum Gasteiger partial charge on any atom is -0.494 e. The number of urea groups is 1. The van der Waals surface area contributed by atoms with Gasteiger partial charge >= 0.3 is 12.1 Å². The van der Waals surface area contributed by atoms with Crippen LogP contribution in [0.2, 0.25) is 0 Å². The number of nitrogens with one attached hydrogen (secondary N) is 1. The van der Waals surface area contributed by atoms with Crippen LogP contribution >= 0.6 is 0 Å². The van der Waals surface area contributed by atoms with E-state index in [1.807, 2.05) is 42.7 Å². The number of anilines is 2. The minimum absolute atomic E-state index is 0.0289. The van der Waals surface area contributed by atoms with Crippen molar-refractivity contribution in [1.82, 2.24) is 14.7 Å². The van der Waals surface area contributed by atoms with Crippen LogP contribution < -0.4 is 15.0 Å². The van der Waals surface area contributed by atoms with E-state index in [1.54, 1.807) is 24.1 Å². The summed E-state index contributed by atoms with van der Waals surface area (Å²) in [4.78, 5) is 33.4.